The van der Waals surface area contributed by atoms with E-state index in [0.717, 1.165) is 141 Å². The van der Waals surface area contributed by atoms with Gasteiger partial charge in [0.15, 0.2) is 6.10 Å². The summed E-state index contributed by atoms with van der Waals surface area (Å²) in [6.07, 6.45) is 80.8. The van der Waals surface area contributed by atoms with E-state index in [1.165, 1.54) is 32.1 Å². The van der Waals surface area contributed by atoms with E-state index in [1.54, 1.807) is 0 Å². The van der Waals surface area contributed by atoms with Crippen molar-refractivity contribution >= 4 is 17.9 Å². The molecule has 0 aliphatic heterocycles. The average Bonchev–Trinajstić information content (AvgIpc) is 3.40. The first-order valence-electron chi connectivity index (χ1n) is 30.0. The van der Waals surface area contributed by atoms with Crippen molar-refractivity contribution in [3.8, 4) is 0 Å². The third-order valence-corrected chi connectivity index (χ3v) is 12.1. The predicted octanol–water partition coefficient (Wildman–Crippen LogP) is 18.0. The van der Waals surface area contributed by atoms with Crippen LogP contribution in [0, 0.1) is 0 Å². The van der Waals surface area contributed by atoms with Crippen molar-refractivity contribution in [3.63, 3.8) is 0 Å². The van der Waals surface area contributed by atoms with E-state index in [0.29, 0.717) is 17.4 Å². The lowest BCUT2D eigenvalue weighted by atomic mass is 10.1. The smallest absolute Gasteiger partial charge is 0.361 e. The molecule has 434 valence electrons. The van der Waals surface area contributed by atoms with Crippen LogP contribution in [-0.4, -0.2) is 87.4 Å². The summed E-state index contributed by atoms with van der Waals surface area (Å²) in [5.41, 5.74) is 0. The molecule has 0 amide bonds. The number of hydrogen-bond acceptors (Lipinski definition) is 7. The zero-order valence-corrected chi connectivity index (χ0v) is 49.3. The molecule has 0 aromatic carbocycles. The first-order valence-corrected chi connectivity index (χ1v) is 30.0. The zero-order chi connectivity index (χ0) is 56.2. The highest BCUT2D eigenvalue weighted by atomic mass is 16.7. The number of nitrogens with zero attached hydrogens (tertiary/aromatic N) is 1. The number of carboxylic acid groups (broad SMARTS) is 1. The lowest BCUT2D eigenvalue weighted by Gasteiger charge is -2.25. The Balaban J connectivity index is 4.24. The van der Waals surface area contributed by atoms with Gasteiger partial charge in [-0.3, -0.25) is 9.59 Å². The second kappa shape index (κ2) is 57.3. The summed E-state index contributed by atoms with van der Waals surface area (Å²) < 4.78 is 22.8. The number of aliphatic carboxylic acids is 1. The number of quaternary nitrogens is 1. The third kappa shape index (κ3) is 58.7. The van der Waals surface area contributed by atoms with Gasteiger partial charge in [0.25, 0.3) is 6.29 Å². The molecule has 0 radical (unpaired) electrons. The molecule has 0 aromatic rings. The van der Waals surface area contributed by atoms with Crippen LogP contribution in [0.1, 0.15) is 206 Å². The van der Waals surface area contributed by atoms with Gasteiger partial charge in [-0.2, -0.15) is 0 Å². The molecular weight excluding hydrogens is 959 g/mol. The maximum Gasteiger partial charge on any atom is 0.361 e. The van der Waals surface area contributed by atoms with E-state index in [2.05, 4.69) is 160 Å². The Morgan fingerprint density at radius 1 is 0.403 bits per heavy atom. The number of likely N-dealkylation sites (N-methyl/N-ethyl adjacent to an activating group) is 1. The molecule has 0 saturated heterocycles. The van der Waals surface area contributed by atoms with E-state index in [9.17, 15) is 19.5 Å². The molecule has 0 spiro atoms. The van der Waals surface area contributed by atoms with Gasteiger partial charge in [-0.05, 0) is 122 Å². The number of esters is 2. The summed E-state index contributed by atoms with van der Waals surface area (Å²) in [4.78, 5) is 37.3. The molecule has 2 atom stereocenters. The van der Waals surface area contributed by atoms with Gasteiger partial charge in [-0.1, -0.05) is 217 Å². The molecule has 0 fully saturated rings. The molecule has 0 heterocycles. The lowest BCUT2D eigenvalue weighted by molar-refractivity contribution is -0.870. The minimum absolute atomic E-state index is 0.175. The molecule has 0 bridgehead atoms. The van der Waals surface area contributed by atoms with Crippen molar-refractivity contribution in [3.05, 3.63) is 146 Å². The molecule has 1 N–H and O–H groups in total. The number of carbonyl (C=O) groups excluding carboxylic acids is 2. The lowest BCUT2D eigenvalue weighted by Crippen LogP contribution is -2.40. The maximum absolute atomic E-state index is 12.9. The fourth-order valence-electron chi connectivity index (χ4n) is 7.48. The first-order chi connectivity index (χ1) is 37.6. The predicted molar refractivity (Wildman–Crippen MR) is 327 cm³/mol. The largest absolute Gasteiger partial charge is 0.477 e. The summed E-state index contributed by atoms with van der Waals surface area (Å²) >= 11 is 0. The van der Waals surface area contributed by atoms with Gasteiger partial charge in [0.1, 0.15) is 13.2 Å². The second-order valence-electron chi connectivity index (χ2n) is 20.6. The van der Waals surface area contributed by atoms with E-state index in [4.69, 9.17) is 18.9 Å². The van der Waals surface area contributed by atoms with Crippen molar-refractivity contribution in [1.82, 2.24) is 0 Å². The molecule has 0 saturated carbocycles. The highest BCUT2D eigenvalue weighted by Crippen LogP contribution is 2.13. The second-order valence-corrected chi connectivity index (χ2v) is 20.6. The Morgan fingerprint density at radius 2 is 0.740 bits per heavy atom. The van der Waals surface area contributed by atoms with Gasteiger partial charge in [0.05, 0.1) is 34.4 Å². The Morgan fingerprint density at radius 3 is 1.12 bits per heavy atom. The fourth-order valence-corrected chi connectivity index (χ4v) is 7.48. The van der Waals surface area contributed by atoms with Crippen LogP contribution in [0.4, 0.5) is 0 Å². The van der Waals surface area contributed by atoms with Crippen LogP contribution in [-0.2, 0) is 33.3 Å². The third-order valence-electron chi connectivity index (χ3n) is 12.1. The van der Waals surface area contributed by atoms with Crippen molar-refractivity contribution in [1.29, 1.82) is 0 Å². The van der Waals surface area contributed by atoms with Crippen molar-refractivity contribution in [2.45, 2.75) is 219 Å². The summed E-state index contributed by atoms with van der Waals surface area (Å²) in [5.74, 6) is -2.06. The molecule has 77 heavy (non-hydrogen) atoms. The van der Waals surface area contributed by atoms with Crippen LogP contribution >= 0.6 is 0 Å². The van der Waals surface area contributed by atoms with Gasteiger partial charge in [-0.25, -0.2) is 4.79 Å². The quantitative estimate of drug-likeness (QED) is 0.0211. The van der Waals surface area contributed by atoms with E-state index >= 15 is 0 Å². The highest BCUT2D eigenvalue weighted by Gasteiger charge is 2.25. The van der Waals surface area contributed by atoms with Crippen molar-refractivity contribution in [2.75, 3.05) is 47.5 Å². The molecule has 0 rings (SSSR count). The number of unbranched alkanes of at least 4 members (excludes halogenated alkanes) is 14. The summed E-state index contributed by atoms with van der Waals surface area (Å²) in [6, 6.07) is 0. The maximum atomic E-state index is 12.9. The number of allylic oxidation sites excluding steroid dienone is 24. The van der Waals surface area contributed by atoms with Crippen LogP contribution in [0.15, 0.2) is 146 Å². The van der Waals surface area contributed by atoms with Crippen LogP contribution < -0.4 is 0 Å². The van der Waals surface area contributed by atoms with Crippen LogP contribution in [0.5, 0.6) is 0 Å². The molecule has 0 aliphatic carbocycles. The van der Waals surface area contributed by atoms with Crippen LogP contribution in [0.3, 0.4) is 0 Å². The molecule has 0 aromatic heterocycles. The topological polar surface area (TPSA) is 108 Å². The zero-order valence-electron chi connectivity index (χ0n) is 49.3. The average molecular weight is 1070 g/mol. The van der Waals surface area contributed by atoms with Gasteiger partial charge in [0, 0.05) is 12.8 Å². The van der Waals surface area contributed by atoms with Gasteiger partial charge in [0.2, 0.25) is 0 Å². The van der Waals surface area contributed by atoms with E-state index < -0.39 is 24.3 Å². The number of ether oxygens (including phenoxy) is 4. The molecule has 0 aliphatic rings. The normalized spacial score (nSPS) is 13.8. The number of hydrogen-bond donors (Lipinski definition) is 1. The number of carbonyl (C=O) groups is 3. The van der Waals surface area contributed by atoms with Gasteiger partial charge < -0.3 is 28.5 Å². The summed E-state index contributed by atoms with van der Waals surface area (Å²) in [6.45, 7) is 4.68. The Kier molecular flexibility index (Phi) is 53.8. The summed E-state index contributed by atoms with van der Waals surface area (Å²) in [7, 11) is 5.94. The SMILES string of the molecule is CC/C=C\C/C=C\C/C=C\C/C=C\C/C=C\C/C=C\C/C=C\C/C=C\C/C=C\C/C=C\C/C=C\CCCCCCCC(=O)OC(COC(=O)CCCCCCC/C=C\CCCCCC)COC(OCC[N+](C)(C)C)C(=O)O. The molecule has 9 nitrogen and oxygen atoms in total. The number of carboxylic acids is 1. The Bertz CT molecular complexity index is 1770. The van der Waals surface area contributed by atoms with E-state index in [1.807, 2.05) is 21.1 Å². The number of rotatable bonds is 53. The fraction of sp³-hybridized carbons (Fsp3) is 0.603. The van der Waals surface area contributed by atoms with Crippen LogP contribution in [0.2, 0.25) is 0 Å². The van der Waals surface area contributed by atoms with Gasteiger partial charge >= 0.3 is 17.9 Å². The van der Waals surface area contributed by atoms with Crippen molar-refractivity contribution < 1.29 is 42.9 Å². The first kappa shape index (κ1) is 72.2. The van der Waals surface area contributed by atoms with Crippen LogP contribution in [0.25, 0.3) is 0 Å². The molecule has 2 unspecified atom stereocenters. The Hall–Kier alpha value is -4.83. The molecular formula is C68H110NO8+. The minimum atomic E-state index is -1.53. The summed E-state index contributed by atoms with van der Waals surface area (Å²) in [5, 5.41) is 9.69. The standard InChI is InChI=1S/C68H109NO8/c1-6-8-10-12-14-16-18-20-21-22-23-24-25-26-27-28-29-30-31-32-33-34-35-36-37-38-39-40-41-42-43-44-45-47-49-51-53-55-57-59-66(71)77-64(63-76-68(67(72)73)74-61-60-69(3,4)5)62-75-65(70)58-56-54-52-50-48-46-19-17-15-13-11-9-7-2/h8,10,14,16-17,19-21,23-24,26-27,29-30,32-33,35-36,38-39,41-42,44-45,64,68H,6-7,9,11-13,15,18,22,25,28,31,34,37,40,43,46-63H2,1-5H3/p+1/b10-8-,16-14-,19-17-,21-20-,24-23-,27-26-,30-29-,33-32-,36-35-,39-38-,42-41-,45-44-. The monoisotopic (exact) mass is 1070 g/mol. The van der Waals surface area contributed by atoms with Gasteiger partial charge in [-0.15, -0.1) is 0 Å². The molecule has 9 heteroatoms. The van der Waals surface area contributed by atoms with E-state index in [-0.39, 0.29) is 38.6 Å². The van der Waals surface area contributed by atoms with Crippen molar-refractivity contribution in [2.24, 2.45) is 0 Å². The highest BCUT2D eigenvalue weighted by molar-refractivity contribution is 5.71. The minimum Gasteiger partial charge on any atom is -0.477 e. The Labute approximate surface area is 471 Å².